The minimum atomic E-state index is -2.84. The molecule has 0 bridgehead atoms. The highest BCUT2D eigenvalue weighted by Gasteiger charge is 2.22. The number of hydrogen-bond acceptors (Lipinski definition) is 4. The van der Waals surface area contributed by atoms with Gasteiger partial charge in [0.25, 0.3) is 0 Å². The molecule has 32 heavy (non-hydrogen) atoms. The number of halogens is 2. The zero-order valence-electron chi connectivity index (χ0n) is 18.2. The molecule has 0 unspecified atom stereocenters. The monoisotopic (exact) mass is 445 g/mol. The highest BCUT2D eigenvalue weighted by Crippen LogP contribution is 2.15. The molecule has 3 rings (SSSR count). The van der Waals surface area contributed by atoms with Gasteiger partial charge in [-0.25, -0.2) is 0 Å². The van der Waals surface area contributed by atoms with Crippen LogP contribution in [-0.2, 0) is 22.4 Å². The van der Waals surface area contributed by atoms with Crippen LogP contribution in [0.2, 0.25) is 0 Å². The summed E-state index contributed by atoms with van der Waals surface area (Å²) in [6.07, 6.45) is 1.00. The first-order chi connectivity index (χ1) is 15.4. The van der Waals surface area contributed by atoms with Crippen molar-refractivity contribution in [2.24, 2.45) is 0 Å². The van der Waals surface area contributed by atoms with E-state index >= 15 is 0 Å². The van der Waals surface area contributed by atoms with Crippen molar-refractivity contribution in [2.75, 3.05) is 39.3 Å². The van der Waals surface area contributed by atoms with Gasteiger partial charge in [0.2, 0.25) is 11.8 Å². The molecule has 2 aromatic rings. The van der Waals surface area contributed by atoms with Crippen LogP contribution in [0.25, 0.3) is 0 Å². The van der Waals surface area contributed by atoms with Crippen LogP contribution >= 0.6 is 0 Å². The SMILES string of the molecule is Cc1ccccc1CC(=O)N1CCN(CC(=O)NCCc2ccc(OC(F)F)cc2)CC1. The van der Waals surface area contributed by atoms with E-state index in [0.29, 0.717) is 52.1 Å². The van der Waals surface area contributed by atoms with Gasteiger partial charge >= 0.3 is 6.61 Å². The number of benzene rings is 2. The van der Waals surface area contributed by atoms with Crippen molar-refractivity contribution < 1.29 is 23.1 Å². The summed E-state index contributed by atoms with van der Waals surface area (Å²) in [5, 5.41) is 2.89. The third kappa shape index (κ3) is 7.30. The number of ether oxygens (including phenoxy) is 1. The van der Waals surface area contributed by atoms with Crippen molar-refractivity contribution in [1.82, 2.24) is 15.1 Å². The molecular weight excluding hydrogens is 416 g/mol. The fourth-order valence-corrected chi connectivity index (χ4v) is 3.68. The average molecular weight is 446 g/mol. The Labute approximate surface area is 187 Å². The molecule has 1 N–H and O–H groups in total. The van der Waals surface area contributed by atoms with Gasteiger partial charge in [0, 0.05) is 32.7 Å². The number of piperazine rings is 1. The van der Waals surface area contributed by atoms with Gasteiger partial charge in [0.15, 0.2) is 0 Å². The number of alkyl halides is 2. The van der Waals surface area contributed by atoms with Crippen molar-refractivity contribution >= 4 is 11.8 Å². The quantitative estimate of drug-likeness (QED) is 0.645. The van der Waals surface area contributed by atoms with E-state index < -0.39 is 6.61 Å². The number of carbonyl (C=O) groups is 2. The van der Waals surface area contributed by atoms with Crippen LogP contribution in [0, 0.1) is 6.92 Å². The summed E-state index contributed by atoms with van der Waals surface area (Å²) in [4.78, 5) is 28.7. The van der Waals surface area contributed by atoms with Crippen molar-refractivity contribution in [3.05, 3.63) is 65.2 Å². The van der Waals surface area contributed by atoms with Crippen LogP contribution in [-0.4, -0.2) is 67.5 Å². The summed E-state index contributed by atoms with van der Waals surface area (Å²) >= 11 is 0. The standard InChI is InChI=1S/C24H29F2N3O3/c1-18-4-2-3-5-20(18)16-23(31)29-14-12-28(13-15-29)17-22(30)27-11-10-19-6-8-21(9-7-19)32-24(25)26/h2-9,24H,10-17H2,1H3,(H,27,30). The Morgan fingerprint density at radius 2 is 1.72 bits per heavy atom. The number of rotatable bonds is 9. The van der Waals surface area contributed by atoms with Gasteiger partial charge < -0.3 is 15.0 Å². The first-order valence-electron chi connectivity index (χ1n) is 10.8. The largest absolute Gasteiger partial charge is 0.435 e. The molecule has 1 heterocycles. The van der Waals surface area contributed by atoms with Crippen LogP contribution in [0.3, 0.4) is 0 Å². The maximum atomic E-state index is 12.6. The van der Waals surface area contributed by atoms with Crippen LogP contribution in [0.4, 0.5) is 8.78 Å². The lowest BCUT2D eigenvalue weighted by Gasteiger charge is -2.34. The molecule has 0 atom stereocenters. The number of hydrogen-bond donors (Lipinski definition) is 1. The Kier molecular flexibility index (Phi) is 8.56. The Bertz CT molecular complexity index is 898. The summed E-state index contributed by atoms with van der Waals surface area (Å²) in [6, 6.07) is 14.3. The van der Waals surface area contributed by atoms with Gasteiger partial charge in [-0.3, -0.25) is 14.5 Å². The summed E-state index contributed by atoms with van der Waals surface area (Å²) < 4.78 is 28.7. The van der Waals surface area contributed by atoms with Crippen LogP contribution < -0.4 is 10.1 Å². The van der Waals surface area contributed by atoms with Gasteiger partial charge in [0.05, 0.1) is 13.0 Å². The van der Waals surface area contributed by atoms with E-state index in [9.17, 15) is 18.4 Å². The number of carbonyl (C=O) groups excluding carboxylic acids is 2. The molecule has 1 aliphatic rings. The molecule has 1 aliphatic heterocycles. The van der Waals surface area contributed by atoms with Crippen molar-refractivity contribution in [1.29, 1.82) is 0 Å². The predicted octanol–water partition coefficient (Wildman–Crippen LogP) is 2.64. The Morgan fingerprint density at radius 3 is 2.38 bits per heavy atom. The Morgan fingerprint density at radius 1 is 1.03 bits per heavy atom. The lowest BCUT2D eigenvalue weighted by atomic mass is 10.1. The Balaban J connectivity index is 1.33. The van der Waals surface area contributed by atoms with E-state index in [-0.39, 0.29) is 17.6 Å². The van der Waals surface area contributed by atoms with E-state index in [4.69, 9.17) is 0 Å². The molecule has 0 aromatic heterocycles. The molecule has 2 amide bonds. The van der Waals surface area contributed by atoms with Gasteiger partial charge in [-0.15, -0.1) is 0 Å². The van der Waals surface area contributed by atoms with E-state index in [1.54, 1.807) is 12.1 Å². The number of nitrogens with zero attached hydrogens (tertiary/aromatic N) is 2. The second-order valence-corrected chi connectivity index (χ2v) is 7.88. The van der Waals surface area contributed by atoms with Crippen molar-refractivity contribution in [3.8, 4) is 5.75 Å². The minimum absolute atomic E-state index is 0.0673. The summed E-state index contributed by atoms with van der Waals surface area (Å²) in [5.41, 5.74) is 3.09. The molecule has 0 saturated carbocycles. The topological polar surface area (TPSA) is 61.9 Å². The molecule has 0 radical (unpaired) electrons. The predicted molar refractivity (Wildman–Crippen MR) is 118 cm³/mol. The third-order valence-corrected chi connectivity index (χ3v) is 5.58. The number of nitrogens with one attached hydrogen (secondary N) is 1. The summed E-state index contributed by atoms with van der Waals surface area (Å²) in [6.45, 7) is 2.49. The van der Waals surface area contributed by atoms with Crippen LogP contribution in [0.1, 0.15) is 16.7 Å². The molecule has 0 spiro atoms. The maximum absolute atomic E-state index is 12.6. The van der Waals surface area contributed by atoms with E-state index in [1.807, 2.05) is 41.0 Å². The third-order valence-electron chi connectivity index (χ3n) is 5.58. The molecule has 172 valence electrons. The minimum Gasteiger partial charge on any atom is -0.435 e. The highest BCUT2D eigenvalue weighted by molar-refractivity contribution is 5.79. The van der Waals surface area contributed by atoms with E-state index in [2.05, 4.69) is 10.1 Å². The maximum Gasteiger partial charge on any atom is 0.387 e. The second kappa shape index (κ2) is 11.6. The molecule has 8 heteroatoms. The fourth-order valence-electron chi connectivity index (χ4n) is 3.68. The van der Waals surface area contributed by atoms with Gasteiger partial charge in [-0.2, -0.15) is 8.78 Å². The zero-order valence-corrected chi connectivity index (χ0v) is 18.2. The molecule has 1 fully saturated rings. The highest BCUT2D eigenvalue weighted by atomic mass is 19.3. The van der Waals surface area contributed by atoms with Crippen LogP contribution in [0.5, 0.6) is 5.75 Å². The first-order valence-corrected chi connectivity index (χ1v) is 10.8. The molecule has 6 nitrogen and oxygen atoms in total. The molecule has 0 aliphatic carbocycles. The molecule has 1 saturated heterocycles. The van der Waals surface area contributed by atoms with E-state index in [0.717, 1.165) is 16.7 Å². The van der Waals surface area contributed by atoms with Gasteiger partial charge in [-0.05, 0) is 42.2 Å². The second-order valence-electron chi connectivity index (χ2n) is 7.88. The summed E-state index contributed by atoms with van der Waals surface area (Å²) in [7, 11) is 0. The number of amides is 2. The Hall–Kier alpha value is -3.00. The average Bonchev–Trinajstić information content (AvgIpc) is 2.76. The van der Waals surface area contributed by atoms with Crippen LogP contribution in [0.15, 0.2) is 48.5 Å². The zero-order chi connectivity index (χ0) is 22.9. The van der Waals surface area contributed by atoms with Crippen molar-refractivity contribution in [2.45, 2.75) is 26.4 Å². The smallest absolute Gasteiger partial charge is 0.387 e. The van der Waals surface area contributed by atoms with Gasteiger partial charge in [0.1, 0.15) is 5.75 Å². The lowest BCUT2D eigenvalue weighted by molar-refractivity contribution is -0.132. The first kappa shape index (κ1) is 23.7. The van der Waals surface area contributed by atoms with E-state index in [1.165, 1.54) is 12.1 Å². The molecule has 2 aromatic carbocycles. The lowest BCUT2D eigenvalue weighted by Crippen LogP contribution is -2.51. The van der Waals surface area contributed by atoms with Gasteiger partial charge in [-0.1, -0.05) is 36.4 Å². The fraction of sp³-hybridized carbons (Fsp3) is 0.417. The normalized spacial score (nSPS) is 14.4. The number of aryl methyl sites for hydroxylation is 1. The molecular formula is C24H29F2N3O3. The summed E-state index contributed by atoms with van der Waals surface area (Å²) in [5.74, 6) is 0.167. The van der Waals surface area contributed by atoms with Crippen molar-refractivity contribution in [3.63, 3.8) is 0 Å².